The number of hydrogen-bond donors (Lipinski definition) is 0. The summed E-state index contributed by atoms with van der Waals surface area (Å²) in [4.78, 5) is 20.5. The Balaban J connectivity index is 2.80. The highest BCUT2D eigenvalue weighted by atomic mass is 79.9. The second-order valence-electron chi connectivity index (χ2n) is 3.74. The van der Waals surface area contributed by atoms with Crippen molar-refractivity contribution in [3.05, 3.63) is 35.4 Å². The summed E-state index contributed by atoms with van der Waals surface area (Å²) in [6, 6.07) is 7.24. The quantitative estimate of drug-likeness (QED) is 0.750. The summed E-state index contributed by atoms with van der Waals surface area (Å²) in [5.74, 6) is -1.07. The Morgan fingerprint density at radius 1 is 1.24 bits per heavy atom. The lowest BCUT2D eigenvalue weighted by Gasteiger charge is -2.18. The first-order valence-electron chi connectivity index (χ1n) is 4.99. The molecule has 17 heavy (non-hydrogen) atoms. The van der Waals surface area contributed by atoms with Gasteiger partial charge in [0.1, 0.15) is 5.78 Å². The first-order valence-corrected chi connectivity index (χ1v) is 6.82. The van der Waals surface area contributed by atoms with Gasteiger partial charge in [-0.3, -0.25) is 4.79 Å². The first kappa shape index (κ1) is 14.4. The maximum absolute atomic E-state index is 10.9. The van der Waals surface area contributed by atoms with Gasteiger partial charge in [0.2, 0.25) is 0 Å². The molecule has 0 fully saturated rings. The summed E-state index contributed by atoms with van der Waals surface area (Å²) < 4.78 is 0. The molecule has 0 N–H and O–H groups in total. The Morgan fingerprint density at radius 2 is 1.76 bits per heavy atom. The minimum Gasteiger partial charge on any atom is -0.549 e. The van der Waals surface area contributed by atoms with Crippen molar-refractivity contribution in [2.24, 2.45) is 0 Å². The summed E-state index contributed by atoms with van der Waals surface area (Å²) in [6.07, 6.45) is 0.394. The molecule has 0 spiro atoms. The molecule has 0 amide bonds. The number of hydrogen-bond acceptors (Lipinski definition) is 3. The molecule has 0 aliphatic rings. The van der Waals surface area contributed by atoms with Gasteiger partial charge in [0, 0.05) is 6.42 Å². The Kier molecular flexibility index (Phi) is 5.33. The van der Waals surface area contributed by atoms with Crippen LogP contribution < -0.4 is 5.11 Å². The lowest BCUT2D eigenvalue weighted by atomic mass is 10.0. The topological polar surface area (TPSA) is 57.2 Å². The van der Waals surface area contributed by atoms with Crippen LogP contribution in [0.3, 0.4) is 0 Å². The van der Waals surface area contributed by atoms with Gasteiger partial charge in [0.15, 0.2) is 0 Å². The Morgan fingerprint density at radius 3 is 2.18 bits per heavy atom. The molecule has 3 nitrogen and oxygen atoms in total. The normalized spacial score (nSPS) is 14.1. The molecule has 0 saturated carbocycles. The highest BCUT2D eigenvalue weighted by molar-refractivity contribution is 9.12. The zero-order valence-corrected chi connectivity index (χ0v) is 12.3. The molecule has 0 aromatic heterocycles. The van der Waals surface area contributed by atoms with Gasteiger partial charge in [-0.05, 0) is 18.1 Å². The van der Waals surface area contributed by atoms with Crippen molar-refractivity contribution in [3.63, 3.8) is 0 Å². The van der Waals surface area contributed by atoms with Crippen LogP contribution in [-0.2, 0) is 16.0 Å². The van der Waals surface area contributed by atoms with E-state index in [1.807, 2.05) is 12.1 Å². The van der Waals surface area contributed by atoms with Crippen molar-refractivity contribution in [2.45, 2.75) is 23.0 Å². The second kappa shape index (κ2) is 6.31. The average Bonchev–Trinajstić information content (AvgIpc) is 2.27. The second-order valence-corrected chi connectivity index (χ2v) is 5.72. The van der Waals surface area contributed by atoms with Crippen molar-refractivity contribution < 1.29 is 14.7 Å². The number of carbonyl (C=O) groups is 2. The molecular formula is C12H11Br2O3-. The molecule has 0 heterocycles. The monoisotopic (exact) mass is 361 g/mol. The summed E-state index contributed by atoms with van der Waals surface area (Å²) >= 11 is 6.33. The molecule has 0 saturated heterocycles. The van der Waals surface area contributed by atoms with E-state index < -0.39 is 10.8 Å². The van der Waals surface area contributed by atoms with Crippen molar-refractivity contribution in [2.75, 3.05) is 0 Å². The minimum atomic E-state index is -1.17. The van der Waals surface area contributed by atoms with Gasteiger partial charge in [0.05, 0.1) is 15.6 Å². The molecule has 92 valence electrons. The van der Waals surface area contributed by atoms with Gasteiger partial charge in [0.25, 0.3) is 0 Å². The molecule has 1 rings (SSSR count). The van der Waals surface area contributed by atoms with Crippen LogP contribution >= 0.6 is 31.9 Å². The van der Waals surface area contributed by atoms with Gasteiger partial charge in [-0.2, -0.15) is 0 Å². The van der Waals surface area contributed by atoms with Crippen molar-refractivity contribution in [1.82, 2.24) is 0 Å². The maximum atomic E-state index is 10.9. The number of Topliss-reactive ketones (excluding diaryl/α,β-unsaturated/α-hetero) is 1. The van der Waals surface area contributed by atoms with Crippen molar-refractivity contribution in [1.29, 1.82) is 0 Å². The predicted molar refractivity (Wildman–Crippen MR) is 70.2 cm³/mol. The third-order valence-corrected chi connectivity index (χ3v) is 4.90. The number of carboxylic acid groups (broad SMARTS) is 1. The van der Waals surface area contributed by atoms with E-state index in [1.54, 1.807) is 12.1 Å². The number of benzene rings is 1. The average molecular weight is 363 g/mol. The third kappa shape index (κ3) is 4.24. The van der Waals surface area contributed by atoms with Crippen LogP contribution in [0.4, 0.5) is 0 Å². The molecule has 2 atom stereocenters. The lowest BCUT2D eigenvalue weighted by Crippen LogP contribution is -2.34. The molecule has 1 aromatic carbocycles. The summed E-state index contributed by atoms with van der Waals surface area (Å²) in [7, 11) is 0. The van der Waals surface area contributed by atoms with Crippen LogP contribution in [0.15, 0.2) is 24.3 Å². The van der Waals surface area contributed by atoms with E-state index in [9.17, 15) is 14.7 Å². The van der Waals surface area contributed by atoms with E-state index in [0.29, 0.717) is 6.42 Å². The summed E-state index contributed by atoms with van der Waals surface area (Å²) in [6.45, 7) is 1.53. The zero-order valence-electron chi connectivity index (χ0n) is 9.15. The van der Waals surface area contributed by atoms with Crippen LogP contribution in [0.25, 0.3) is 0 Å². The van der Waals surface area contributed by atoms with Crippen LogP contribution in [0, 0.1) is 0 Å². The minimum absolute atomic E-state index is 0.0984. The Labute approximate surface area is 116 Å². The SMILES string of the molecule is CC(=O)Cc1ccc(C(Br)C(Br)C(=O)[O-])cc1. The number of halogens is 2. The fourth-order valence-corrected chi connectivity index (χ4v) is 2.22. The number of carbonyl (C=O) groups excluding carboxylic acids is 2. The lowest BCUT2D eigenvalue weighted by molar-refractivity contribution is -0.304. The van der Waals surface area contributed by atoms with Crippen LogP contribution in [0.2, 0.25) is 0 Å². The molecule has 1 aromatic rings. The number of rotatable bonds is 5. The predicted octanol–water partition coefficient (Wildman–Crippen LogP) is 1.77. The van der Waals surface area contributed by atoms with E-state index in [4.69, 9.17) is 0 Å². The van der Waals surface area contributed by atoms with Crippen LogP contribution in [0.5, 0.6) is 0 Å². The Hall–Kier alpha value is -0.680. The molecular weight excluding hydrogens is 352 g/mol. The van der Waals surface area contributed by atoms with Crippen molar-refractivity contribution in [3.8, 4) is 0 Å². The van der Waals surface area contributed by atoms with E-state index in [1.165, 1.54) is 6.92 Å². The van der Waals surface area contributed by atoms with E-state index in [-0.39, 0.29) is 10.6 Å². The molecule has 0 bridgehead atoms. The molecule has 5 heteroatoms. The Bertz CT molecular complexity index is 414. The summed E-state index contributed by atoms with van der Waals surface area (Å²) in [5.41, 5.74) is 1.74. The molecule has 0 radical (unpaired) electrons. The maximum Gasteiger partial charge on any atom is 0.134 e. The van der Waals surface area contributed by atoms with Crippen LogP contribution in [0.1, 0.15) is 22.9 Å². The van der Waals surface area contributed by atoms with E-state index in [0.717, 1.165) is 11.1 Å². The smallest absolute Gasteiger partial charge is 0.134 e. The molecule has 0 aliphatic carbocycles. The highest BCUT2D eigenvalue weighted by Gasteiger charge is 2.18. The van der Waals surface area contributed by atoms with Gasteiger partial charge in [-0.1, -0.05) is 56.1 Å². The van der Waals surface area contributed by atoms with Gasteiger partial charge in [-0.25, -0.2) is 0 Å². The third-order valence-electron chi connectivity index (χ3n) is 2.23. The van der Waals surface area contributed by atoms with E-state index in [2.05, 4.69) is 31.9 Å². The van der Waals surface area contributed by atoms with Crippen LogP contribution in [-0.4, -0.2) is 16.6 Å². The van der Waals surface area contributed by atoms with Gasteiger partial charge >= 0.3 is 0 Å². The fourth-order valence-electron chi connectivity index (χ4n) is 1.40. The van der Waals surface area contributed by atoms with E-state index >= 15 is 0 Å². The molecule has 2 unspecified atom stereocenters. The van der Waals surface area contributed by atoms with Gasteiger partial charge in [-0.15, -0.1) is 0 Å². The number of carboxylic acids is 1. The summed E-state index contributed by atoms with van der Waals surface area (Å²) in [5, 5.41) is 10.7. The highest BCUT2D eigenvalue weighted by Crippen LogP contribution is 2.31. The number of aliphatic carboxylic acids is 1. The number of ketones is 1. The largest absolute Gasteiger partial charge is 0.549 e. The molecule has 0 aliphatic heterocycles. The van der Waals surface area contributed by atoms with Gasteiger partial charge < -0.3 is 9.90 Å². The fraction of sp³-hybridized carbons (Fsp3) is 0.333. The van der Waals surface area contributed by atoms with Crippen molar-refractivity contribution >= 4 is 43.6 Å². The number of alkyl halides is 2. The first-order chi connectivity index (χ1) is 7.91. The zero-order chi connectivity index (χ0) is 13.0. The standard InChI is InChI=1S/C12H12Br2O3/c1-7(15)6-8-2-4-9(5-3-8)10(13)11(14)12(16)17/h2-5,10-11H,6H2,1H3,(H,16,17)/p-1.